The van der Waals surface area contributed by atoms with Crippen LogP contribution in [0, 0.1) is 20.8 Å². The molecule has 0 bridgehead atoms. The molecule has 0 saturated carbocycles. The number of hydrogen-bond acceptors (Lipinski definition) is 5. The fraction of sp³-hybridized carbons (Fsp3) is 0.455. The highest BCUT2D eigenvalue weighted by atomic mass is 16.5. The fourth-order valence-corrected chi connectivity index (χ4v) is 3.44. The third-order valence-corrected chi connectivity index (χ3v) is 4.79. The van der Waals surface area contributed by atoms with Crippen LogP contribution >= 0.6 is 0 Å². The van der Waals surface area contributed by atoms with E-state index in [9.17, 15) is 9.59 Å². The van der Waals surface area contributed by atoms with E-state index in [1.807, 2.05) is 37.5 Å². The first kappa shape index (κ1) is 21.5. The lowest BCUT2D eigenvalue weighted by atomic mass is 10.0. The topological polar surface area (TPSA) is 66.8 Å². The molecule has 2 aromatic rings. The van der Waals surface area contributed by atoms with E-state index in [0.29, 0.717) is 34.9 Å². The Morgan fingerprint density at radius 2 is 1.79 bits per heavy atom. The number of carbonyl (C=O) groups excluding carboxylic acids is 2. The van der Waals surface area contributed by atoms with Crippen molar-refractivity contribution in [2.75, 3.05) is 13.7 Å². The number of methoxy groups -OCH3 is 1. The molecular formula is C22H29NO5. The highest BCUT2D eigenvalue weighted by Crippen LogP contribution is 2.30. The van der Waals surface area contributed by atoms with Crippen LogP contribution in [-0.2, 0) is 11.3 Å². The van der Waals surface area contributed by atoms with E-state index < -0.39 is 12.1 Å². The van der Waals surface area contributed by atoms with Gasteiger partial charge in [-0.05, 0) is 64.8 Å². The largest absolute Gasteiger partial charge is 0.493 e. The number of aryl methyl sites for hydroxylation is 1. The van der Waals surface area contributed by atoms with Crippen molar-refractivity contribution in [3.05, 3.63) is 46.3 Å². The van der Waals surface area contributed by atoms with Crippen LogP contribution in [0.1, 0.15) is 58.4 Å². The Morgan fingerprint density at radius 3 is 2.36 bits per heavy atom. The summed E-state index contributed by atoms with van der Waals surface area (Å²) in [6.45, 7) is 11.8. The molecule has 0 saturated heterocycles. The van der Waals surface area contributed by atoms with E-state index in [-0.39, 0.29) is 12.4 Å². The van der Waals surface area contributed by atoms with E-state index in [1.54, 1.807) is 33.9 Å². The molecular weight excluding hydrogens is 358 g/mol. The molecule has 0 spiro atoms. The molecule has 6 heteroatoms. The molecule has 152 valence electrons. The summed E-state index contributed by atoms with van der Waals surface area (Å²) in [5, 5.41) is 0. The highest BCUT2D eigenvalue weighted by Gasteiger charge is 2.30. The van der Waals surface area contributed by atoms with Crippen molar-refractivity contribution in [2.45, 2.75) is 54.2 Å². The number of ketones is 1. The predicted octanol–water partition coefficient (Wildman–Crippen LogP) is 4.27. The van der Waals surface area contributed by atoms with Gasteiger partial charge in [0, 0.05) is 17.8 Å². The maximum atomic E-state index is 13.2. The number of Topliss-reactive ketones (excluding diaryl/α,β-unsaturated/α-hetero) is 1. The smallest absolute Gasteiger partial charge is 0.355 e. The normalized spacial score (nSPS) is 11.8. The van der Waals surface area contributed by atoms with E-state index in [1.165, 1.54) is 0 Å². The lowest BCUT2D eigenvalue weighted by Crippen LogP contribution is -2.25. The number of esters is 1. The molecule has 2 rings (SSSR count). The third kappa shape index (κ3) is 4.06. The monoisotopic (exact) mass is 387 g/mol. The molecule has 6 nitrogen and oxygen atoms in total. The zero-order chi connectivity index (χ0) is 21.0. The number of hydrogen-bond donors (Lipinski definition) is 0. The Balaban J connectivity index is 2.39. The van der Waals surface area contributed by atoms with Gasteiger partial charge in [0.15, 0.2) is 17.6 Å². The Labute approximate surface area is 166 Å². The van der Waals surface area contributed by atoms with Crippen LogP contribution in [0.25, 0.3) is 0 Å². The molecule has 0 aliphatic carbocycles. The lowest BCUT2D eigenvalue weighted by Gasteiger charge is -2.17. The van der Waals surface area contributed by atoms with Crippen LogP contribution in [0.4, 0.5) is 0 Å². The Bertz CT molecular complexity index is 882. The minimum Gasteiger partial charge on any atom is -0.493 e. The van der Waals surface area contributed by atoms with Crippen molar-refractivity contribution in [1.82, 2.24) is 4.57 Å². The Kier molecular flexibility index (Phi) is 6.89. The second-order valence-corrected chi connectivity index (χ2v) is 6.68. The molecule has 1 aromatic carbocycles. The predicted molar refractivity (Wildman–Crippen MR) is 108 cm³/mol. The van der Waals surface area contributed by atoms with Crippen LogP contribution in [0.15, 0.2) is 18.2 Å². The van der Waals surface area contributed by atoms with Crippen LogP contribution in [0.5, 0.6) is 11.5 Å². The third-order valence-electron chi connectivity index (χ3n) is 4.79. The van der Waals surface area contributed by atoms with Crippen LogP contribution in [0.3, 0.4) is 0 Å². The molecule has 1 heterocycles. The number of nitrogens with zero attached hydrogens (tertiary/aromatic N) is 1. The summed E-state index contributed by atoms with van der Waals surface area (Å²) >= 11 is 0. The van der Waals surface area contributed by atoms with Gasteiger partial charge in [-0.1, -0.05) is 6.07 Å². The van der Waals surface area contributed by atoms with Crippen LogP contribution in [0.2, 0.25) is 0 Å². The summed E-state index contributed by atoms with van der Waals surface area (Å²) in [5.74, 6) is 0.476. The van der Waals surface area contributed by atoms with E-state index in [4.69, 9.17) is 14.2 Å². The molecule has 0 fully saturated rings. The van der Waals surface area contributed by atoms with E-state index >= 15 is 0 Å². The van der Waals surface area contributed by atoms with Crippen molar-refractivity contribution in [3.63, 3.8) is 0 Å². The number of rotatable bonds is 8. The minimum absolute atomic E-state index is 0.185. The summed E-state index contributed by atoms with van der Waals surface area (Å²) in [4.78, 5) is 25.6. The standard InChI is InChI=1S/C22H29NO5/c1-8-23-15(5)19(14(4)20(23)22(25)27-9-2)21(24)16(6)28-17-11-10-13(3)12-18(17)26-7/h10-12,16H,8-9H2,1-7H3. The van der Waals surface area contributed by atoms with Gasteiger partial charge in [-0.3, -0.25) is 4.79 Å². The fourth-order valence-electron chi connectivity index (χ4n) is 3.44. The molecule has 1 aromatic heterocycles. The molecule has 0 amide bonds. The summed E-state index contributed by atoms with van der Waals surface area (Å²) in [6.07, 6.45) is -0.739. The van der Waals surface area contributed by atoms with Gasteiger partial charge in [0.1, 0.15) is 5.69 Å². The maximum absolute atomic E-state index is 13.2. The summed E-state index contributed by atoms with van der Waals surface area (Å²) in [7, 11) is 1.56. The second-order valence-electron chi connectivity index (χ2n) is 6.68. The summed E-state index contributed by atoms with van der Waals surface area (Å²) in [6, 6.07) is 5.55. The van der Waals surface area contributed by atoms with Crippen molar-refractivity contribution < 1.29 is 23.8 Å². The quantitative estimate of drug-likeness (QED) is 0.500. The first-order valence-corrected chi connectivity index (χ1v) is 9.48. The average Bonchev–Trinajstić information content (AvgIpc) is 2.92. The van der Waals surface area contributed by atoms with Crippen molar-refractivity contribution in [1.29, 1.82) is 0 Å². The van der Waals surface area contributed by atoms with Gasteiger partial charge >= 0.3 is 5.97 Å². The summed E-state index contributed by atoms with van der Waals surface area (Å²) in [5.41, 5.74) is 3.32. The molecule has 0 N–H and O–H groups in total. The van der Waals surface area contributed by atoms with Gasteiger partial charge < -0.3 is 18.8 Å². The van der Waals surface area contributed by atoms with Gasteiger partial charge in [-0.15, -0.1) is 0 Å². The van der Waals surface area contributed by atoms with Crippen molar-refractivity contribution in [3.8, 4) is 11.5 Å². The molecule has 0 radical (unpaired) electrons. The first-order chi connectivity index (χ1) is 13.3. The minimum atomic E-state index is -0.739. The molecule has 1 unspecified atom stereocenters. The number of ether oxygens (including phenoxy) is 3. The van der Waals surface area contributed by atoms with Gasteiger partial charge in [0.2, 0.25) is 5.78 Å². The SMILES string of the molecule is CCOC(=O)c1c(C)c(C(=O)C(C)Oc2ccc(C)cc2OC)c(C)n1CC. The maximum Gasteiger partial charge on any atom is 0.355 e. The van der Waals surface area contributed by atoms with Gasteiger partial charge in [0.25, 0.3) is 0 Å². The molecule has 0 aliphatic rings. The zero-order valence-electron chi connectivity index (χ0n) is 17.7. The van der Waals surface area contributed by atoms with Crippen molar-refractivity contribution in [2.24, 2.45) is 0 Å². The number of benzene rings is 1. The first-order valence-electron chi connectivity index (χ1n) is 9.48. The van der Waals surface area contributed by atoms with Gasteiger partial charge in [0.05, 0.1) is 13.7 Å². The highest BCUT2D eigenvalue weighted by molar-refractivity contribution is 6.05. The lowest BCUT2D eigenvalue weighted by molar-refractivity contribution is 0.0512. The second kappa shape index (κ2) is 8.95. The number of aromatic nitrogens is 1. The molecule has 0 aliphatic heterocycles. The van der Waals surface area contributed by atoms with E-state index in [0.717, 1.165) is 11.3 Å². The molecule has 28 heavy (non-hydrogen) atoms. The number of carbonyl (C=O) groups is 2. The van der Waals surface area contributed by atoms with Crippen LogP contribution in [-0.4, -0.2) is 36.1 Å². The Morgan fingerprint density at radius 1 is 1.11 bits per heavy atom. The van der Waals surface area contributed by atoms with Crippen LogP contribution < -0.4 is 9.47 Å². The summed E-state index contributed by atoms with van der Waals surface area (Å²) < 4.78 is 18.3. The van der Waals surface area contributed by atoms with E-state index in [2.05, 4.69) is 0 Å². The average molecular weight is 387 g/mol. The zero-order valence-corrected chi connectivity index (χ0v) is 17.7. The van der Waals surface area contributed by atoms with Gasteiger partial charge in [-0.25, -0.2) is 4.79 Å². The Hall–Kier alpha value is -2.76. The molecule has 1 atom stereocenters. The van der Waals surface area contributed by atoms with Gasteiger partial charge in [-0.2, -0.15) is 0 Å². The van der Waals surface area contributed by atoms with Crippen molar-refractivity contribution >= 4 is 11.8 Å².